The predicted molar refractivity (Wildman–Crippen MR) is 82.2 cm³/mol. The summed E-state index contributed by atoms with van der Waals surface area (Å²) in [5, 5.41) is 7.36. The van der Waals surface area contributed by atoms with E-state index >= 15 is 0 Å². The molecule has 3 rings (SSSR count). The Morgan fingerprint density at radius 2 is 1.95 bits per heavy atom. The van der Waals surface area contributed by atoms with Crippen molar-refractivity contribution in [3.8, 4) is 0 Å². The van der Waals surface area contributed by atoms with Gasteiger partial charge in [0.1, 0.15) is 5.69 Å². The van der Waals surface area contributed by atoms with Crippen LogP contribution in [0.3, 0.4) is 0 Å². The lowest BCUT2D eigenvalue weighted by Crippen LogP contribution is -2.26. The van der Waals surface area contributed by atoms with Gasteiger partial charge in [0.15, 0.2) is 0 Å². The van der Waals surface area contributed by atoms with E-state index in [2.05, 4.69) is 22.5 Å². The van der Waals surface area contributed by atoms with E-state index in [0.717, 1.165) is 6.42 Å². The summed E-state index contributed by atoms with van der Waals surface area (Å²) in [6, 6.07) is 12.5. The first-order valence-corrected chi connectivity index (χ1v) is 7.70. The monoisotopic (exact) mass is 283 g/mol. The smallest absolute Gasteiger partial charge is 0.271 e. The largest absolute Gasteiger partial charge is 0.350 e. The Kier molecular flexibility index (Phi) is 4.34. The van der Waals surface area contributed by atoms with Gasteiger partial charge in [-0.15, -0.1) is 0 Å². The highest BCUT2D eigenvalue weighted by Gasteiger charge is 2.18. The van der Waals surface area contributed by atoms with Crippen LogP contribution in [0.15, 0.2) is 42.6 Å². The molecule has 0 bridgehead atoms. The van der Waals surface area contributed by atoms with Gasteiger partial charge in [-0.2, -0.15) is 5.10 Å². The highest BCUT2D eigenvalue weighted by molar-refractivity contribution is 5.92. The molecule has 1 aliphatic rings. The van der Waals surface area contributed by atoms with E-state index in [-0.39, 0.29) is 5.91 Å². The summed E-state index contributed by atoms with van der Waals surface area (Å²) in [5.74, 6) is -0.0809. The third-order valence-corrected chi connectivity index (χ3v) is 4.08. The molecule has 1 aromatic heterocycles. The number of aromatic nitrogens is 2. The van der Waals surface area contributed by atoms with Crippen LogP contribution in [0.5, 0.6) is 0 Å². The minimum atomic E-state index is -0.0809. The van der Waals surface area contributed by atoms with Crippen LogP contribution in [0.4, 0.5) is 0 Å². The van der Waals surface area contributed by atoms with Crippen molar-refractivity contribution in [3.63, 3.8) is 0 Å². The molecule has 0 spiro atoms. The first-order chi connectivity index (χ1) is 10.3. The van der Waals surface area contributed by atoms with E-state index in [0.29, 0.717) is 18.3 Å². The standard InChI is InChI=1S/C17H21N3O/c21-17(18-12-10-14-6-2-1-3-7-14)16-11-13-20(19-16)15-8-4-5-9-15/h1-3,6-7,11,13,15H,4-5,8-10,12H2,(H,18,21). The van der Waals surface area contributed by atoms with E-state index in [4.69, 9.17) is 0 Å². The Bertz CT molecular complexity index is 585. The number of nitrogens with zero attached hydrogens (tertiary/aromatic N) is 2. The number of benzene rings is 1. The number of carbonyl (C=O) groups excluding carboxylic acids is 1. The highest BCUT2D eigenvalue weighted by Crippen LogP contribution is 2.28. The lowest BCUT2D eigenvalue weighted by molar-refractivity contribution is 0.0948. The van der Waals surface area contributed by atoms with Crippen LogP contribution < -0.4 is 5.32 Å². The second-order valence-electron chi connectivity index (χ2n) is 5.61. The minimum absolute atomic E-state index is 0.0809. The molecule has 1 aliphatic carbocycles. The first kappa shape index (κ1) is 13.9. The maximum atomic E-state index is 12.1. The zero-order chi connectivity index (χ0) is 14.5. The van der Waals surface area contributed by atoms with E-state index in [9.17, 15) is 4.79 Å². The Labute approximate surface area is 125 Å². The number of carbonyl (C=O) groups is 1. The van der Waals surface area contributed by atoms with Crippen molar-refractivity contribution in [2.24, 2.45) is 0 Å². The van der Waals surface area contributed by atoms with Crippen LogP contribution in [0.25, 0.3) is 0 Å². The average molecular weight is 283 g/mol. The molecule has 0 unspecified atom stereocenters. The van der Waals surface area contributed by atoms with Gasteiger partial charge in [-0.05, 0) is 30.9 Å². The molecule has 21 heavy (non-hydrogen) atoms. The van der Waals surface area contributed by atoms with Crippen molar-refractivity contribution < 1.29 is 4.79 Å². The van der Waals surface area contributed by atoms with Crippen molar-refractivity contribution in [2.45, 2.75) is 38.1 Å². The Balaban J connectivity index is 1.51. The topological polar surface area (TPSA) is 46.9 Å². The molecule has 1 heterocycles. The summed E-state index contributed by atoms with van der Waals surface area (Å²) in [7, 11) is 0. The number of hydrogen-bond donors (Lipinski definition) is 1. The number of amides is 1. The Morgan fingerprint density at radius 3 is 2.71 bits per heavy atom. The quantitative estimate of drug-likeness (QED) is 0.917. The van der Waals surface area contributed by atoms with Gasteiger partial charge in [-0.1, -0.05) is 43.2 Å². The lowest BCUT2D eigenvalue weighted by atomic mass is 10.1. The molecule has 0 saturated heterocycles. The first-order valence-electron chi connectivity index (χ1n) is 7.70. The van der Waals surface area contributed by atoms with Crippen molar-refractivity contribution in [1.82, 2.24) is 15.1 Å². The number of rotatable bonds is 5. The van der Waals surface area contributed by atoms with Crippen LogP contribution >= 0.6 is 0 Å². The molecule has 1 fully saturated rings. The summed E-state index contributed by atoms with van der Waals surface area (Å²) in [6.45, 7) is 0.638. The third kappa shape index (κ3) is 3.51. The normalized spacial score (nSPS) is 15.2. The maximum absolute atomic E-state index is 12.1. The van der Waals surface area contributed by atoms with E-state index in [1.807, 2.05) is 35.1 Å². The molecule has 2 aromatic rings. The SMILES string of the molecule is O=C(NCCc1ccccc1)c1ccn(C2CCCC2)n1. The number of hydrogen-bond acceptors (Lipinski definition) is 2. The fraction of sp³-hybridized carbons (Fsp3) is 0.412. The molecule has 1 saturated carbocycles. The van der Waals surface area contributed by atoms with Gasteiger partial charge in [-0.3, -0.25) is 9.48 Å². The second kappa shape index (κ2) is 6.57. The average Bonchev–Trinajstić information content (AvgIpc) is 3.19. The van der Waals surface area contributed by atoms with E-state index in [1.54, 1.807) is 0 Å². The zero-order valence-corrected chi connectivity index (χ0v) is 12.2. The third-order valence-electron chi connectivity index (χ3n) is 4.08. The van der Waals surface area contributed by atoms with Gasteiger partial charge in [-0.25, -0.2) is 0 Å². The molecule has 1 amide bonds. The lowest BCUT2D eigenvalue weighted by Gasteiger charge is -2.08. The summed E-state index contributed by atoms with van der Waals surface area (Å²) in [6.07, 6.45) is 7.66. The molecular formula is C17H21N3O. The van der Waals surface area contributed by atoms with Gasteiger partial charge in [0.2, 0.25) is 0 Å². The summed E-state index contributed by atoms with van der Waals surface area (Å²) in [5.41, 5.74) is 1.75. The van der Waals surface area contributed by atoms with Crippen molar-refractivity contribution in [1.29, 1.82) is 0 Å². The summed E-state index contributed by atoms with van der Waals surface area (Å²) >= 11 is 0. The second-order valence-corrected chi connectivity index (χ2v) is 5.61. The van der Waals surface area contributed by atoms with Crippen molar-refractivity contribution in [2.75, 3.05) is 6.54 Å². The molecule has 4 heteroatoms. The highest BCUT2D eigenvalue weighted by atomic mass is 16.1. The zero-order valence-electron chi connectivity index (χ0n) is 12.2. The van der Waals surface area contributed by atoms with Crippen LogP contribution in [0.1, 0.15) is 47.8 Å². The molecular weight excluding hydrogens is 262 g/mol. The van der Waals surface area contributed by atoms with Crippen LogP contribution in [0.2, 0.25) is 0 Å². The molecule has 110 valence electrons. The van der Waals surface area contributed by atoms with E-state index in [1.165, 1.54) is 31.2 Å². The molecule has 0 atom stereocenters. The fourth-order valence-corrected chi connectivity index (χ4v) is 2.89. The number of nitrogens with one attached hydrogen (secondary N) is 1. The predicted octanol–water partition coefficient (Wildman–Crippen LogP) is 2.97. The van der Waals surface area contributed by atoms with Gasteiger partial charge in [0.25, 0.3) is 5.91 Å². The van der Waals surface area contributed by atoms with Crippen molar-refractivity contribution >= 4 is 5.91 Å². The molecule has 0 radical (unpaired) electrons. The minimum Gasteiger partial charge on any atom is -0.350 e. The fourth-order valence-electron chi connectivity index (χ4n) is 2.89. The van der Waals surface area contributed by atoms with Gasteiger partial charge in [0.05, 0.1) is 6.04 Å². The summed E-state index contributed by atoms with van der Waals surface area (Å²) in [4.78, 5) is 12.1. The van der Waals surface area contributed by atoms with Crippen LogP contribution in [-0.4, -0.2) is 22.2 Å². The van der Waals surface area contributed by atoms with Gasteiger partial charge in [0, 0.05) is 12.7 Å². The summed E-state index contributed by atoms with van der Waals surface area (Å²) < 4.78 is 1.96. The van der Waals surface area contributed by atoms with Gasteiger partial charge >= 0.3 is 0 Å². The Morgan fingerprint density at radius 1 is 1.19 bits per heavy atom. The van der Waals surface area contributed by atoms with E-state index < -0.39 is 0 Å². The van der Waals surface area contributed by atoms with Crippen molar-refractivity contribution in [3.05, 3.63) is 53.9 Å². The molecule has 1 N–H and O–H groups in total. The molecule has 1 aromatic carbocycles. The van der Waals surface area contributed by atoms with Crippen LogP contribution in [0, 0.1) is 0 Å². The van der Waals surface area contributed by atoms with Gasteiger partial charge < -0.3 is 5.32 Å². The van der Waals surface area contributed by atoms with Crippen LogP contribution in [-0.2, 0) is 6.42 Å². The Hall–Kier alpha value is -2.10. The molecule has 4 nitrogen and oxygen atoms in total. The molecule has 0 aliphatic heterocycles. The maximum Gasteiger partial charge on any atom is 0.271 e.